The number of benzene rings is 1. The average molecular weight is 604 g/mol. The maximum absolute atomic E-state index is 12.6. The fraction of sp³-hybridized carbons (Fsp3) is 0.346. The molecule has 0 radical (unpaired) electrons. The number of aryl methyl sites for hydroxylation is 2. The fourth-order valence-corrected chi connectivity index (χ4v) is 5.50. The van der Waals surface area contributed by atoms with E-state index in [1.165, 1.54) is 9.13 Å². The third-order valence-electron chi connectivity index (χ3n) is 6.13. The maximum atomic E-state index is 12.6. The summed E-state index contributed by atoms with van der Waals surface area (Å²) in [4.78, 5) is 22.8. The van der Waals surface area contributed by atoms with Gasteiger partial charge in [0.1, 0.15) is 5.75 Å². The first-order valence-electron chi connectivity index (χ1n) is 11.4. The molecule has 35 heavy (non-hydrogen) atoms. The van der Waals surface area contributed by atoms with Crippen molar-refractivity contribution in [1.29, 1.82) is 0 Å². The number of thiocarbonyl (C=S) groups is 1. The van der Waals surface area contributed by atoms with Crippen LogP contribution < -0.4 is 20.3 Å². The fourth-order valence-electron chi connectivity index (χ4n) is 4.29. The zero-order valence-electron chi connectivity index (χ0n) is 20.7. The number of aromatic amines is 1. The number of nitrogens with one attached hydrogen (secondary N) is 3. The number of hydrogen-bond acceptors (Lipinski definition) is 4. The summed E-state index contributed by atoms with van der Waals surface area (Å²) in [6.07, 6.45) is 1.80. The highest BCUT2D eigenvalue weighted by Gasteiger charge is 2.43. The van der Waals surface area contributed by atoms with E-state index in [-0.39, 0.29) is 18.0 Å². The van der Waals surface area contributed by atoms with Gasteiger partial charge in [-0.25, -0.2) is 0 Å². The van der Waals surface area contributed by atoms with Crippen LogP contribution in [0.25, 0.3) is 0 Å². The molecule has 1 aliphatic heterocycles. The number of methoxy groups -OCH3 is 1. The largest absolute Gasteiger partial charge is 0.494 e. The Kier molecular flexibility index (Phi) is 7.10. The van der Waals surface area contributed by atoms with Crippen molar-refractivity contribution in [3.05, 3.63) is 68.8 Å². The van der Waals surface area contributed by atoms with Crippen molar-refractivity contribution in [2.45, 2.75) is 46.7 Å². The van der Waals surface area contributed by atoms with Crippen molar-refractivity contribution >= 4 is 57.2 Å². The minimum atomic E-state index is -0.522. The van der Waals surface area contributed by atoms with Crippen molar-refractivity contribution in [3.8, 4) is 5.75 Å². The van der Waals surface area contributed by atoms with Gasteiger partial charge >= 0.3 is 0 Å². The van der Waals surface area contributed by atoms with Crippen LogP contribution in [0.3, 0.4) is 0 Å². The van der Waals surface area contributed by atoms with Crippen LogP contribution in [0.1, 0.15) is 55.5 Å². The van der Waals surface area contributed by atoms with Crippen molar-refractivity contribution in [3.63, 3.8) is 0 Å². The molecule has 0 bridgehead atoms. The molecule has 3 N–H and O–H groups in total. The predicted octanol–water partition coefficient (Wildman–Crippen LogP) is 5.80. The predicted molar refractivity (Wildman–Crippen MR) is 152 cm³/mol. The highest BCUT2D eigenvalue weighted by Crippen LogP contribution is 2.45. The maximum Gasteiger partial charge on any atom is 0.229 e. The molecule has 4 rings (SSSR count). The van der Waals surface area contributed by atoms with E-state index in [0.29, 0.717) is 16.5 Å². The number of anilines is 2. The van der Waals surface area contributed by atoms with Gasteiger partial charge in [0.2, 0.25) is 5.91 Å². The van der Waals surface area contributed by atoms with Crippen LogP contribution in [0.2, 0.25) is 0 Å². The number of ether oxygens (including phenoxy) is 1. The summed E-state index contributed by atoms with van der Waals surface area (Å²) in [7, 11) is 1.60. The van der Waals surface area contributed by atoms with E-state index >= 15 is 0 Å². The summed E-state index contributed by atoms with van der Waals surface area (Å²) < 4.78 is 6.84. The molecular formula is C26H30IN5O2S. The number of carbonyl (C=O) groups excluding carboxylic acids is 1. The SMILES string of the molecule is COc1cc(N2C(=S)N[C@H](c3ccccn3)[C@H]2c2c(C)[nH]c(C)c2I)ccc1NC(=O)C(C)(C)C. The third kappa shape index (κ3) is 4.88. The second-order valence-corrected chi connectivity index (χ2v) is 11.2. The Balaban J connectivity index is 1.81. The lowest BCUT2D eigenvalue weighted by Crippen LogP contribution is -2.30. The molecule has 1 saturated heterocycles. The molecule has 1 amide bonds. The Morgan fingerprint density at radius 2 is 1.94 bits per heavy atom. The van der Waals surface area contributed by atoms with Gasteiger partial charge < -0.3 is 25.3 Å². The molecule has 1 fully saturated rings. The van der Waals surface area contributed by atoms with Gasteiger partial charge in [-0.1, -0.05) is 26.8 Å². The minimum Gasteiger partial charge on any atom is -0.494 e. The van der Waals surface area contributed by atoms with Crippen molar-refractivity contribution in [2.24, 2.45) is 5.41 Å². The lowest BCUT2D eigenvalue weighted by atomic mass is 9.95. The highest BCUT2D eigenvalue weighted by atomic mass is 127. The Labute approximate surface area is 225 Å². The molecule has 0 spiro atoms. The molecule has 1 aromatic carbocycles. The van der Waals surface area contributed by atoms with Gasteiger partial charge in [0.15, 0.2) is 5.11 Å². The summed E-state index contributed by atoms with van der Waals surface area (Å²) in [5.74, 6) is 0.489. The van der Waals surface area contributed by atoms with Crippen LogP contribution >= 0.6 is 34.8 Å². The quantitative estimate of drug-likeness (QED) is 0.253. The van der Waals surface area contributed by atoms with Crippen LogP contribution in [0.4, 0.5) is 11.4 Å². The summed E-state index contributed by atoms with van der Waals surface area (Å²) in [6.45, 7) is 9.80. The second kappa shape index (κ2) is 9.77. The number of pyridine rings is 1. The molecule has 0 saturated carbocycles. The van der Waals surface area contributed by atoms with Crippen molar-refractivity contribution in [1.82, 2.24) is 15.3 Å². The zero-order chi connectivity index (χ0) is 25.5. The number of hydrogen-bond donors (Lipinski definition) is 3. The van der Waals surface area contributed by atoms with E-state index < -0.39 is 5.41 Å². The number of aromatic nitrogens is 2. The lowest BCUT2D eigenvalue weighted by molar-refractivity contribution is -0.123. The molecule has 0 aliphatic carbocycles. The molecule has 7 nitrogen and oxygen atoms in total. The molecule has 2 aromatic heterocycles. The zero-order valence-corrected chi connectivity index (χ0v) is 23.7. The molecule has 1 aliphatic rings. The number of halogens is 1. The second-order valence-electron chi connectivity index (χ2n) is 9.69. The number of nitrogens with zero attached hydrogens (tertiary/aromatic N) is 2. The molecule has 9 heteroatoms. The average Bonchev–Trinajstić information content (AvgIpc) is 3.28. The Morgan fingerprint density at radius 3 is 2.51 bits per heavy atom. The van der Waals surface area contributed by atoms with Gasteiger partial charge in [-0.05, 0) is 72.9 Å². The topological polar surface area (TPSA) is 82.3 Å². The molecule has 2 atom stereocenters. The van der Waals surface area contributed by atoms with E-state index in [2.05, 4.69) is 61.9 Å². The first-order valence-corrected chi connectivity index (χ1v) is 12.9. The van der Waals surface area contributed by atoms with Gasteiger partial charge in [0, 0.05) is 43.9 Å². The molecule has 3 heterocycles. The van der Waals surface area contributed by atoms with Gasteiger partial charge in [-0.2, -0.15) is 0 Å². The van der Waals surface area contributed by atoms with Crippen LogP contribution in [0.5, 0.6) is 5.75 Å². The number of H-pyrrole nitrogens is 1. The summed E-state index contributed by atoms with van der Waals surface area (Å²) >= 11 is 8.26. The van der Waals surface area contributed by atoms with E-state index in [4.69, 9.17) is 17.0 Å². The van der Waals surface area contributed by atoms with Gasteiger partial charge in [-0.15, -0.1) is 0 Å². The molecular weight excluding hydrogens is 573 g/mol. The van der Waals surface area contributed by atoms with E-state index in [1.807, 2.05) is 57.2 Å². The highest BCUT2D eigenvalue weighted by molar-refractivity contribution is 14.1. The standard InChI is InChI=1S/C26H30IN5O2S/c1-14-20(21(27)15(2)29-14)23-22(18-9-7-8-12-28-18)31-25(35)32(23)16-10-11-17(19(13-16)34-6)30-24(33)26(3,4)5/h7-13,22-23,29H,1-6H3,(H,30,33)(H,31,35)/t22-,23-/m1/s1. The van der Waals surface area contributed by atoms with Crippen molar-refractivity contribution in [2.75, 3.05) is 17.3 Å². The lowest BCUT2D eigenvalue weighted by Gasteiger charge is -2.29. The third-order valence-corrected chi connectivity index (χ3v) is 7.84. The minimum absolute atomic E-state index is 0.0806. The van der Waals surface area contributed by atoms with Crippen LogP contribution in [0, 0.1) is 22.8 Å². The van der Waals surface area contributed by atoms with E-state index in [9.17, 15) is 4.79 Å². The Hall–Kier alpha value is -2.66. The van der Waals surface area contributed by atoms with Gasteiger partial charge in [0.25, 0.3) is 0 Å². The van der Waals surface area contributed by atoms with Gasteiger partial charge in [-0.3, -0.25) is 9.78 Å². The molecule has 3 aromatic rings. The molecule has 0 unspecified atom stereocenters. The van der Waals surface area contributed by atoms with Crippen molar-refractivity contribution < 1.29 is 9.53 Å². The Morgan fingerprint density at radius 1 is 1.20 bits per heavy atom. The Bertz CT molecular complexity index is 1270. The number of amides is 1. The summed E-state index contributed by atoms with van der Waals surface area (Å²) in [6, 6.07) is 11.4. The molecule has 184 valence electrons. The first kappa shape index (κ1) is 25.4. The van der Waals surface area contributed by atoms with E-state index in [0.717, 1.165) is 22.8 Å². The van der Waals surface area contributed by atoms with E-state index in [1.54, 1.807) is 13.3 Å². The monoisotopic (exact) mass is 603 g/mol. The van der Waals surface area contributed by atoms with Crippen LogP contribution in [-0.4, -0.2) is 28.1 Å². The summed E-state index contributed by atoms with van der Waals surface area (Å²) in [5, 5.41) is 7.09. The number of rotatable bonds is 5. The smallest absolute Gasteiger partial charge is 0.229 e. The summed E-state index contributed by atoms with van der Waals surface area (Å²) in [5.41, 5.74) is 5.27. The van der Waals surface area contributed by atoms with Crippen LogP contribution in [-0.2, 0) is 4.79 Å². The number of carbonyl (C=O) groups is 1. The van der Waals surface area contributed by atoms with Crippen LogP contribution in [0.15, 0.2) is 42.6 Å². The normalized spacial score (nSPS) is 17.9. The van der Waals surface area contributed by atoms with Gasteiger partial charge in [0.05, 0.1) is 30.6 Å². The first-order chi connectivity index (χ1) is 16.5.